The first-order valence-corrected chi connectivity index (χ1v) is 11.5. The number of amides is 2. The van der Waals surface area contributed by atoms with E-state index in [2.05, 4.69) is 29.5 Å². The van der Waals surface area contributed by atoms with Gasteiger partial charge in [0.25, 0.3) is 11.8 Å². The molecule has 7 heteroatoms. The van der Waals surface area contributed by atoms with Gasteiger partial charge in [-0.25, -0.2) is 4.39 Å². The number of anilines is 1. The summed E-state index contributed by atoms with van der Waals surface area (Å²) in [6, 6.07) is 14.1. The van der Waals surface area contributed by atoms with E-state index < -0.39 is 0 Å². The Bertz CT molecular complexity index is 1320. The third-order valence-electron chi connectivity index (χ3n) is 6.31. The Kier molecular flexibility index (Phi) is 5.57. The van der Waals surface area contributed by atoms with Gasteiger partial charge in [0.2, 0.25) is 0 Å². The highest BCUT2D eigenvalue weighted by Crippen LogP contribution is 2.40. The Balaban J connectivity index is 1.58. The van der Waals surface area contributed by atoms with Crippen molar-refractivity contribution in [1.29, 1.82) is 0 Å². The monoisotopic (exact) mass is 458 g/mol. The van der Waals surface area contributed by atoms with Crippen LogP contribution in [0.2, 0.25) is 0 Å². The van der Waals surface area contributed by atoms with E-state index in [1.165, 1.54) is 12.1 Å². The fourth-order valence-corrected chi connectivity index (χ4v) is 4.99. The summed E-state index contributed by atoms with van der Waals surface area (Å²) in [6.07, 6.45) is 1.74. The maximum Gasteiger partial charge on any atom is 0.256 e. The number of fused-ring (bicyclic) bond motifs is 1. The molecule has 174 valence electrons. The second kappa shape index (κ2) is 8.57. The summed E-state index contributed by atoms with van der Waals surface area (Å²) in [6.45, 7) is 7.26. The van der Waals surface area contributed by atoms with E-state index in [0.717, 1.165) is 11.3 Å². The minimum absolute atomic E-state index is 0.0616. The number of piperazine rings is 1. The van der Waals surface area contributed by atoms with Crippen LogP contribution in [0.5, 0.6) is 0 Å². The highest BCUT2D eigenvalue weighted by molar-refractivity contribution is 6.36. The van der Waals surface area contributed by atoms with Crippen molar-refractivity contribution in [3.8, 4) is 11.1 Å². The lowest BCUT2D eigenvalue weighted by molar-refractivity contribution is -0.110. The van der Waals surface area contributed by atoms with Crippen molar-refractivity contribution in [1.82, 2.24) is 15.2 Å². The fraction of sp³-hybridized carbons (Fsp3) is 0.259. The number of aromatic amines is 1. The summed E-state index contributed by atoms with van der Waals surface area (Å²) < 4.78 is 14.0. The topological polar surface area (TPSA) is 77.2 Å². The number of aryl methyl sites for hydroxylation is 1. The summed E-state index contributed by atoms with van der Waals surface area (Å²) in [5.74, 6) is -0.660. The van der Waals surface area contributed by atoms with Crippen molar-refractivity contribution >= 4 is 29.2 Å². The van der Waals surface area contributed by atoms with Crippen molar-refractivity contribution in [2.24, 2.45) is 0 Å². The lowest BCUT2D eigenvalue weighted by Gasteiger charge is -2.36. The summed E-state index contributed by atoms with van der Waals surface area (Å²) >= 11 is 0. The third kappa shape index (κ3) is 4.03. The average molecular weight is 459 g/mol. The Labute approximate surface area is 197 Å². The molecule has 0 spiro atoms. The molecular weight excluding hydrogens is 431 g/mol. The molecule has 1 fully saturated rings. The first-order chi connectivity index (χ1) is 16.3. The summed E-state index contributed by atoms with van der Waals surface area (Å²) in [4.78, 5) is 31.6. The Morgan fingerprint density at radius 1 is 1.09 bits per heavy atom. The molecule has 0 saturated carbocycles. The maximum atomic E-state index is 14.0. The van der Waals surface area contributed by atoms with Crippen LogP contribution in [0.3, 0.4) is 0 Å². The molecule has 2 atom stereocenters. The van der Waals surface area contributed by atoms with Gasteiger partial charge in [0, 0.05) is 42.1 Å². The Hall–Kier alpha value is -3.71. The number of H-pyrrole nitrogens is 1. The van der Waals surface area contributed by atoms with Crippen LogP contribution in [0.15, 0.2) is 48.5 Å². The van der Waals surface area contributed by atoms with Crippen LogP contribution in [0.25, 0.3) is 22.8 Å². The molecule has 3 aromatic rings. The van der Waals surface area contributed by atoms with Crippen molar-refractivity contribution in [2.45, 2.75) is 32.9 Å². The molecular formula is C27H27FN4O2. The molecule has 1 saturated heterocycles. The zero-order valence-electron chi connectivity index (χ0n) is 19.4. The first kappa shape index (κ1) is 22.1. The van der Waals surface area contributed by atoms with E-state index >= 15 is 0 Å². The SMILES string of the molecule is Cc1cc(C(=O)N2C[C@H](C)N[C@@H](C)C2)c(/C=C2\C(=O)Nc3cccc(-c4cccc(F)c4)c32)[nH]1. The van der Waals surface area contributed by atoms with Gasteiger partial charge in [-0.1, -0.05) is 24.3 Å². The third-order valence-corrected chi connectivity index (χ3v) is 6.31. The average Bonchev–Trinajstić information content (AvgIpc) is 3.31. The number of hydrogen-bond donors (Lipinski definition) is 3. The highest BCUT2D eigenvalue weighted by atomic mass is 19.1. The van der Waals surface area contributed by atoms with Crippen molar-refractivity contribution in [3.63, 3.8) is 0 Å². The standard InChI is InChI=1S/C27H27FN4O2/c1-15-10-21(27(34)32-13-16(2)29-17(3)14-32)24(30-15)12-22-25-20(18-6-4-7-19(28)11-18)8-5-9-23(25)31-26(22)33/h4-12,16-17,29-30H,13-14H2,1-3H3,(H,31,33)/b22-12-/t16-,17-/m0/s1. The van der Waals surface area contributed by atoms with Crippen molar-refractivity contribution in [3.05, 3.63) is 76.9 Å². The van der Waals surface area contributed by atoms with E-state index in [9.17, 15) is 14.0 Å². The predicted octanol–water partition coefficient (Wildman–Crippen LogP) is 4.44. The number of halogens is 1. The van der Waals surface area contributed by atoms with Gasteiger partial charge in [-0.3, -0.25) is 9.59 Å². The van der Waals surface area contributed by atoms with Gasteiger partial charge in [-0.15, -0.1) is 0 Å². The van der Waals surface area contributed by atoms with Crippen LogP contribution < -0.4 is 10.6 Å². The van der Waals surface area contributed by atoms with E-state index in [-0.39, 0.29) is 29.7 Å². The number of nitrogens with zero attached hydrogens (tertiary/aromatic N) is 1. The van der Waals surface area contributed by atoms with Gasteiger partial charge in [0.1, 0.15) is 5.82 Å². The number of carbonyl (C=O) groups is 2. The highest BCUT2D eigenvalue weighted by Gasteiger charge is 2.30. The van der Waals surface area contributed by atoms with Gasteiger partial charge >= 0.3 is 0 Å². The van der Waals surface area contributed by atoms with E-state index in [1.54, 1.807) is 12.1 Å². The number of nitrogens with one attached hydrogen (secondary N) is 3. The number of rotatable bonds is 3. The van der Waals surface area contributed by atoms with Crippen LogP contribution in [0.4, 0.5) is 10.1 Å². The van der Waals surface area contributed by atoms with Gasteiger partial charge in [0.15, 0.2) is 0 Å². The lowest BCUT2D eigenvalue weighted by atomic mass is 9.94. The molecule has 2 aliphatic heterocycles. The summed E-state index contributed by atoms with van der Waals surface area (Å²) in [7, 11) is 0. The molecule has 0 aliphatic carbocycles. The van der Waals surface area contributed by atoms with E-state index in [0.29, 0.717) is 46.7 Å². The van der Waals surface area contributed by atoms with Gasteiger partial charge in [-0.2, -0.15) is 0 Å². The number of hydrogen-bond acceptors (Lipinski definition) is 3. The first-order valence-electron chi connectivity index (χ1n) is 11.5. The number of aromatic nitrogens is 1. The molecule has 1 aromatic heterocycles. The lowest BCUT2D eigenvalue weighted by Crippen LogP contribution is -2.55. The molecule has 0 unspecified atom stereocenters. The maximum absolute atomic E-state index is 14.0. The molecule has 0 radical (unpaired) electrons. The molecule has 2 amide bonds. The van der Waals surface area contributed by atoms with Crippen molar-refractivity contribution in [2.75, 3.05) is 18.4 Å². The number of benzene rings is 2. The molecule has 3 heterocycles. The van der Waals surface area contributed by atoms with Crippen LogP contribution in [-0.2, 0) is 4.79 Å². The molecule has 5 rings (SSSR count). The minimum atomic E-state index is -0.342. The number of carbonyl (C=O) groups excluding carboxylic acids is 2. The summed E-state index contributed by atoms with van der Waals surface area (Å²) in [5.41, 5.74) is 5.21. The Morgan fingerprint density at radius 2 is 1.82 bits per heavy atom. The van der Waals surface area contributed by atoms with Gasteiger partial charge in [0.05, 0.1) is 16.8 Å². The minimum Gasteiger partial charge on any atom is -0.358 e. The predicted molar refractivity (Wildman–Crippen MR) is 132 cm³/mol. The smallest absolute Gasteiger partial charge is 0.256 e. The van der Waals surface area contributed by atoms with Crippen LogP contribution >= 0.6 is 0 Å². The zero-order valence-corrected chi connectivity index (χ0v) is 19.4. The van der Waals surface area contributed by atoms with Crippen LogP contribution in [-0.4, -0.2) is 46.9 Å². The molecule has 3 N–H and O–H groups in total. The molecule has 2 aromatic carbocycles. The van der Waals surface area contributed by atoms with Crippen LogP contribution in [0.1, 0.15) is 41.2 Å². The summed E-state index contributed by atoms with van der Waals surface area (Å²) in [5, 5.41) is 6.35. The van der Waals surface area contributed by atoms with Crippen LogP contribution in [0, 0.1) is 12.7 Å². The van der Waals surface area contributed by atoms with Gasteiger partial charge in [-0.05, 0) is 62.2 Å². The van der Waals surface area contributed by atoms with Crippen molar-refractivity contribution < 1.29 is 14.0 Å². The zero-order chi connectivity index (χ0) is 24.0. The molecule has 6 nitrogen and oxygen atoms in total. The van der Waals surface area contributed by atoms with E-state index in [4.69, 9.17) is 0 Å². The van der Waals surface area contributed by atoms with Gasteiger partial charge < -0.3 is 20.5 Å². The molecule has 0 bridgehead atoms. The Morgan fingerprint density at radius 3 is 2.56 bits per heavy atom. The second-order valence-corrected chi connectivity index (χ2v) is 9.21. The quantitative estimate of drug-likeness (QED) is 0.508. The fourth-order valence-electron chi connectivity index (χ4n) is 4.99. The second-order valence-electron chi connectivity index (χ2n) is 9.21. The molecule has 34 heavy (non-hydrogen) atoms. The molecule has 2 aliphatic rings. The normalized spacial score (nSPS) is 21.0. The largest absolute Gasteiger partial charge is 0.358 e. The van der Waals surface area contributed by atoms with E-state index in [1.807, 2.05) is 42.2 Å².